The molecule has 232 valence electrons. The molecule has 1 atom stereocenters. The van der Waals surface area contributed by atoms with Crippen molar-refractivity contribution in [2.75, 3.05) is 32.7 Å². The van der Waals surface area contributed by atoms with Gasteiger partial charge in [0.2, 0.25) is 5.91 Å². The van der Waals surface area contributed by atoms with Gasteiger partial charge in [-0.25, -0.2) is 14.6 Å². The highest BCUT2D eigenvalue weighted by Crippen LogP contribution is 2.40. The van der Waals surface area contributed by atoms with E-state index in [0.717, 1.165) is 29.4 Å². The Morgan fingerprint density at radius 2 is 1.82 bits per heavy atom. The summed E-state index contributed by atoms with van der Waals surface area (Å²) in [4.78, 5) is 59.8. The van der Waals surface area contributed by atoms with Gasteiger partial charge in [0.25, 0.3) is 5.56 Å². The number of aromatic nitrogens is 2. The van der Waals surface area contributed by atoms with E-state index in [1.165, 1.54) is 0 Å². The molecular weight excluding hydrogens is 566 g/mol. The van der Waals surface area contributed by atoms with Crippen LogP contribution in [0.15, 0.2) is 29.1 Å². The number of nitrogens with two attached hydrogens (primary N) is 1. The number of hydrogen-bond donors (Lipinski definition) is 2. The number of cyclic esters (lactones) is 1. The third kappa shape index (κ3) is 4.91. The smallest absolute Gasteiger partial charge is 0.415 e. The van der Waals surface area contributed by atoms with Crippen LogP contribution in [0.2, 0.25) is 0 Å². The number of rotatable bonds is 7. The van der Waals surface area contributed by atoms with Gasteiger partial charge in [0.1, 0.15) is 12.4 Å². The lowest BCUT2D eigenvalue weighted by molar-refractivity contribution is -0.172. The zero-order valence-corrected chi connectivity index (χ0v) is 25.1. The van der Waals surface area contributed by atoms with Gasteiger partial charge in [0.15, 0.2) is 5.60 Å². The number of unbranched alkanes of at least 4 members (excludes halogenated alkanes) is 1. The van der Waals surface area contributed by atoms with Crippen molar-refractivity contribution in [3.8, 4) is 17.1 Å². The number of carbonyl (C=O) groups is 3. The first-order valence-corrected chi connectivity index (χ1v) is 15.3. The van der Waals surface area contributed by atoms with Crippen LogP contribution < -0.4 is 16.0 Å². The zero-order chi connectivity index (χ0) is 31.2. The molecule has 0 aliphatic carbocycles. The molecule has 1 fully saturated rings. The van der Waals surface area contributed by atoms with Gasteiger partial charge in [0.05, 0.1) is 29.0 Å². The second kappa shape index (κ2) is 11.7. The van der Waals surface area contributed by atoms with E-state index in [9.17, 15) is 24.3 Å². The van der Waals surface area contributed by atoms with Crippen molar-refractivity contribution >= 4 is 28.9 Å². The average Bonchev–Trinajstić information content (AvgIpc) is 3.40. The molecule has 2 amide bonds. The first-order chi connectivity index (χ1) is 21.2. The molecule has 3 aliphatic heterocycles. The number of fused-ring (bicyclic) bond motifs is 5. The Balaban J connectivity index is 1.25. The van der Waals surface area contributed by atoms with Crippen molar-refractivity contribution in [3.63, 3.8) is 0 Å². The Labute approximate surface area is 254 Å². The number of aryl methyl sites for hydroxylation is 1. The molecular formula is C32H37N5O7. The summed E-state index contributed by atoms with van der Waals surface area (Å²) in [7, 11) is 0. The minimum atomic E-state index is -1.89. The second-order valence-corrected chi connectivity index (χ2v) is 11.5. The van der Waals surface area contributed by atoms with Crippen molar-refractivity contribution in [2.24, 2.45) is 5.73 Å². The summed E-state index contributed by atoms with van der Waals surface area (Å²) in [6, 6.07) is 6.98. The van der Waals surface area contributed by atoms with Crippen molar-refractivity contribution in [3.05, 3.63) is 56.9 Å². The van der Waals surface area contributed by atoms with Crippen molar-refractivity contribution in [2.45, 2.75) is 64.7 Å². The average molecular weight is 604 g/mol. The Kier molecular flexibility index (Phi) is 7.89. The largest absolute Gasteiger partial charge is 0.458 e. The maximum absolute atomic E-state index is 13.6. The number of carbonyl (C=O) groups excluding carboxylic acids is 3. The van der Waals surface area contributed by atoms with Gasteiger partial charge in [-0.15, -0.1) is 0 Å². The molecule has 0 saturated carbocycles. The van der Waals surface area contributed by atoms with Gasteiger partial charge in [0, 0.05) is 49.1 Å². The quantitative estimate of drug-likeness (QED) is 0.239. The highest BCUT2D eigenvalue weighted by Gasteiger charge is 2.45. The number of esters is 1. The zero-order valence-electron chi connectivity index (χ0n) is 25.1. The van der Waals surface area contributed by atoms with Crippen LogP contribution in [0.4, 0.5) is 4.79 Å². The summed E-state index contributed by atoms with van der Waals surface area (Å²) in [6.07, 6.45) is 2.29. The molecule has 0 bridgehead atoms. The number of pyridine rings is 2. The first kappa shape index (κ1) is 29.8. The molecule has 5 heterocycles. The van der Waals surface area contributed by atoms with Crippen molar-refractivity contribution in [1.29, 1.82) is 0 Å². The van der Waals surface area contributed by atoms with Crippen LogP contribution in [0.1, 0.15) is 61.8 Å². The predicted octanol–water partition coefficient (Wildman–Crippen LogP) is 2.41. The van der Waals surface area contributed by atoms with Gasteiger partial charge in [-0.05, 0) is 62.1 Å². The van der Waals surface area contributed by atoms with Gasteiger partial charge < -0.3 is 34.7 Å². The molecule has 3 N–H and O–H groups in total. The summed E-state index contributed by atoms with van der Waals surface area (Å²) in [5.41, 5.74) is 7.58. The van der Waals surface area contributed by atoms with Gasteiger partial charge in [-0.1, -0.05) is 13.8 Å². The van der Waals surface area contributed by atoms with E-state index in [0.29, 0.717) is 74.8 Å². The molecule has 3 aromatic rings. The highest BCUT2D eigenvalue weighted by atomic mass is 16.6. The van der Waals surface area contributed by atoms with Gasteiger partial charge >= 0.3 is 12.1 Å². The topological polar surface area (TPSA) is 157 Å². The SMILES string of the molecule is CCc1c2c(nc3ccc(OC(=O)N4CCN(C(=O)CCCCN)CC4)cc13)-c1cc3c(c(=O)n1C2)COC(=O)[C@]3(O)CC. The fourth-order valence-corrected chi connectivity index (χ4v) is 6.49. The van der Waals surface area contributed by atoms with E-state index < -0.39 is 17.7 Å². The fourth-order valence-electron chi connectivity index (χ4n) is 6.49. The van der Waals surface area contributed by atoms with E-state index in [1.54, 1.807) is 45.6 Å². The maximum Gasteiger partial charge on any atom is 0.415 e. The third-order valence-electron chi connectivity index (χ3n) is 9.07. The van der Waals surface area contributed by atoms with E-state index in [4.69, 9.17) is 20.2 Å². The molecule has 2 aromatic heterocycles. The molecule has 1 saturated heterocycles. The third-order valence-corrected chi connectivity index (χ3v) is 9.07. The minimum absolute atomic E-state index is 0.0739. The summed E-state index contributed by atoms with van der Waals surface area (Å²) in [5, 5.41) is 12.0. The van der Waals surface area contributed by atoms with Crippen LogP contribution in [0, 0.1) is 0 Å². The molecule has 0 radical (unpaired) electrons. The predicted molar refractivity (Wildman–Crippen MR) is 161 cm³/mol. The number of nitrogens with zero attached hydrogens (tertiary/aromatic N) is 4. The molecule has 0 unspecified atom stereocenters. The van der Waals surface area contributed by atoms with Gasteiger partial charge in [-0.2, -0.15) is 0 Å². The van der Waals surface area contributed by atoms with Crippen LogP contribution in [0.25, 0.3) is 22.3 Å². The molecule has 12 heteroatoms. The molecule has 3 aliphatic rings. The van der Waals surface area contributed by atoms with E-state index >= 15 is 0 Å². The van der Waals surface area contributed by atoms with E-state index in [1.807, 2.05) is 6.92 Å². The van der Waals surface area contributed by atoms with E-state index in [2.05, 4.69) is 0 Å². The fraction of sp³-hybridized carbons (Fsp3) is 0.469. The number of amides is 2. The lowest BCUT2D eigenvalue weighted by Crippen LogP contribution is -2.51. The Hall–Kier alpha value is -4.29. The minimum Gasteiger partial charge on any atom is -0.458 e. The summed E-state index contributed by atoms with van der Waals surface area (Å²) < 4.78 is 12.6. The first-order valence-electron chi connectivity index (χ1n) is 15.3. The lowest BCUT2D eigenvalue weighted by atomic mass is 9.86. The van der Waals surface area contributed by atoms with Gasteiger partial charge in [-0.3, -0.25) is 9.59 Å². The Bertz CT molecular complexity index is 1730. The Morgan fingerprint density at radius 1 is 1.07 bits per heavy atom. The number of hydrogen-bond acceptors (Lipinski definition) is 9. The summed E-state index contributed by atoms with van der Waals surface area (Å²) in [5.74, 6) is -0.293. The van der Waals surface area contributed by atoms with Crippen molar-refractivity contribution < 1.29 is 29.0 Å². The number of benzene rings is 1. The van der Waals surface area contributed by atoms with Crippen LogP contribution >= 0.6 is 0 Å². The molecule has 44 heavy (non-hydrogen) atoms. The monoisotopic (exact) mass is 603 g/mol. The molecule has 0 spiro atoms. The van der Waals surface area contributed by atoms with Crippen LogP contribution in [0.3, 0.4) is 0 Å². The lowest BCUT2D eigenvalue weighted by Gasteiger charge is -2.34. The Morgan fingerprint density at radius 3 is 2.52 bits per heavy atom. The molecule has 6 rings (SSSR count). The van der Waals surface area contributed by atoms with Crippen LogP contribution in [-0.4, -0.2) is 75.2 Å². The number of ether oxygens (including phenoxy) is 2. The normalized spacial score (nSPS) is 19.0. The standard InChI is InChI=1S/C32H37N5O7/c1-3-20-21-15-19(44-31(41)36-13-11-35(12-14-36)27(38)7-5-6-10-33)8-9-25(21)34-28-22(20)17-37-26(28)16-24-23(29(37)39)18-43-30(40)32(24,42)4-2/h8-9,15-16,42H,3-7,10-14,17-18,33H2,1-2H3/t32-/m0/s1. The van der Waals surface area contributed by atoms with Crippen LogP contribution in [-0.2, 0) is 39.5 Å². The van der Waals surface area contributed by atoms with Crippen LogP contribution in [0.5, 0.6) is 5.75 Å². The molecule has 12 nitrogen and oxygen atoms in total. The molecule has 1 aromatic carbocycles. The maximum atomic E-state index is 13.6. The number of piperazine rings is 1. The highest BCUT2D eigenvalue weighted by molar-refractivity contribution is 5.90. The van der Waals surface area contributed by atoms with Crippen molar-refractivity contribution in [1.82, 2.24) is 19.4 Å². The number of aliphatic hydroxyl groups is 1. The summed E-state index contributed by atoms with van der Waals surface area (Å²) >= 11 is 0. The van der Waals surface area contributed by atoms with E-state index in [-0.39, 0.29) is 35.6 Å². The summed E-state index contributed by atoms with van der Waals surface area (Å²) in [6.45, 7) is 6.08. The second-order valence-electron chi connectivity index (χ2n) is 11.5.